The van der Waals surface area contributed by atoms with Crippen LogP contribution in [0.25, 0.3) is 11.1 Å². The van der Waals surface area contributed by atoms with E-state index in [0.29, 0.717) is 60.8 Å². The summed E-state index contributed by atoms with van der Waals surface area (Å²) < 4.78 is 81.1. The van der Waals surface area contributed by atoms with E-state index in [1.807, 2.05) is 6.92 Å². The summed E-state index contributed by atoms with van der Waals surface area (Å²) in [7, 11) is 0. The minimum atomic E-state index is -3.22. The molecule has 4 aliphatic carbocycles. The third-order valence-electron chi connectivity index (χ3n) is 10.5. The molecule has 6 nitrogen and oxygen atoms in total. The summed E-state index contributed by atoms with van der Waals surface area (Å²) in [6.07, 6.45) is 4.45. The number of rotatable bonds is 10. The molecule has 7 rings (SSSR count). The van der Waals surface area contributed by atoms with Gasteiger partial charge in [-0.05, 0) is 106 Å². The maximum absolute atomic E-state index is 15.2. The summed E-state index contributed by atoms with van der Waals surface area (Å²) in [5, 5.41) is 3.94. The molecule has 4 saturated carbocycles. The van der Waals surface area contributed by atoms with E-state index in [4.69, 9.17) is 9.26 Å². The quantitative estimate of drug-likeness (QED) is 0.206. The van der Waals surface area contributed by atoms with Crippen molar-refractivity contribution < 1.29 is 36.0 Å². The van der Waals surface area contributed by atoms with Gasteiger partial charge in [0.1, 0.15) is 11.6 Å². The summed E-state index contributed by atoms with van der Waals surface area (Å²) >= 11 is 0. The zero-order chi connectivity index (χ0) is 32.7. The lowest BCUT2D eigenvalue weighted by Gasteiger charge is -2.53. The Morgan fingerprint density at radius 2 is 1.65 bits per heavy atom. The SMILES string of the molecule is CCOc1ccc(-c2cc(N(CC34CCC(c5noc(C(C)(F)F)n5)(CC3)CC4)C(=O)CC3CCC(F)(F)CC3)ccc2F)cc1. The number of amides is 1. The first-order valence-electron chi connectivity index (χ1n) is 16.2. The van der Waals surface area contributed by atoms with Gasteiger partial charge in [0.05, 0.1) is 6.61 Å². The molecule has 1 amide bonds. The third kappa shape index (κ3) is 6.65. The van der Waals surface area contributed by atoms with E-state index >= 15 is 4.39 Å². The van der Waals surface area contributed by atoms with E-state index in [9.17, 15) is 22.4 Å². The molecule has 0 spiro atoms. The van der Waals surface area contributed by atoms with Gasteiger partial charge in [-0.3, -0.25) is 4.79 Å². The van der Waals surface area contributed by atoms with Crippen molar-refractivity contribution in [2.75, 3.05) is 18.1 Å². The number of aromatic nitrogens is 2. The standard InChI is InChI=1S/C35H40F5N3O3/c1-3-45-26-7-4-24(5-8-26)27-21-25(6-9-28(27)36)43(29(44)20-23-10-12-35(39,40)13-11-23)22-33-14-17-34(18-15-33,19-16-33)30-41-31(46-42-30)32(2,37)38/h4-9,21,23H,3,10-20,22H2,1-2H3. The zero-order valence-electron chi connectivity index (χ0n) is 26.3. The lowest BCUT2D eigenvalue weighted by molar-refractivity contribution is -0.121. The minimum absolute atomic E-state index is 0.142. The predicted molar refractivity (Wildman–Crippen MR) is 163 cm³/mol. The fraction of sp³-hybridized carbons (Fsp3) is 0.571. The number of hydrogen-bond donors (Lipinski definition) is 0. The van der Waals surface area contributed by atoms with Crippen LogP contribution in [-0.2, 0) is 16.1 Å². The maximum atomic E-state index is 15.2. The van der Waals surface area contributed by atoms with Crippen LogP contribution in [0.15, 0.2) is 47.0 Å². The van der Waals surface area contributed by atoms with E-state index in [-0.39, 0.29) is 49.3 Å². The average Bonchev–Trinajstić information content (AvgIpc) is 3.56. The zero-order valence-corrected chi connectivity index (χ0v) is 26.3. The van der Waals surface area contributed by atoms with E-state index in [1.165, 1.54) is 6.07 Å². The Bertz CT molecular complexity index is 1520. The Labute approximate surface area is 265 Å². The Kier molecular flexibility index (Phi) is 8.65. The van der Waals surface area contributed by atoms with Gasteiger partial charge in [-0.1, -0.05) is 17.3 Å². The second kappa shape index (κ2) is 12.3. The molecule has 0 N–H and O–H groups in total. The Balaban J connectivity index is 1.26. The minimum Gasteiger partial charge on any atom is -0.494 e. The molecule has 248 valence electrons. The van der Waals surface area contributed by atoms with Crippen LogP contribution in [0.3, 0.4) is 0 Å². The summed E-state index contributed by atoms with van der Waals surface area (Å²) in [5.74, 6) is -6.34. The molecular formula is C35H40F5N3O3. The lowest BCUT2D eigenvalue weighted by atomic mass is 9.53. The number of anilines is 1. The van der Waals surface area contributed by atoms with E-state index in [2.05, 4.69) is 10.1 Å². The van der Waals surface area contributed by atoms with Crippen LogP contribution in [0.4, 0.5) is 27.6 Å². The van der Waals surface area contributed by atoms with Gasteiger partial charge in [-0.25, -0.2) is 13.2 Å². The number of carbonyl (C=O) groups is 1. The van der Waals surface area contributed by atoms with Gasteiger partial charge < -0.3 is 14.2 Å². The Morgan fingerprint density at radius 1 is 1.00 bits per heavy atom. The summed E-state index contributed by atoms with van der Waals surface area (Å²) in [5.41, 5.74) is 0.848. The number of ether oxygens (including phenoxy) is 1. The van der Waals surface area contributed by atoms with Crippen molar-refractivity contribution in [1.82, 2.24) is 10.1 Å². The topological polar surface area (TPSA) is 68.5 Å². The van der Waals surface area contributed by atoms with Crippen LogP contribution < -0.4 is 9.64 Å². The van der Waals surface area contributed by atoms with Crippen molar-refractivity contribution in [3.05, 3.63) is 60.0 Å². The van der Waals surface area contributed by atoms with Gasteiger partial charge in [0.2, 0.25) is 11.8 Å². The van der Waals surface area contributed by atoms with Gasteiger partial charge in [-0.15, -0.1) is 0 Å². The van der Waals surface area contributed by atoms with Crippen molar-refractivity contribution in [2.45, 2.75) is 102 Å². The Hall–Kier alpha value is -3.50. The number of halogens is 5. The third-order valence-corrected chi connectivity index (χ3v) is 10.5. The van der Waals surface area contributed by atoms with Crippen molar-refractivity contribution >= 4 is 11.6 Å². The highest BCUT2D eigenvalue weighted by molar-refractivity contribution is 5.94. The smallest absolute Gasteiger partial charge is 0.322 e. The average molecular weight is 646 g/mol. The van der Waals surface area contributed by atoms with Crippen LogP contribution in [0.2, 0.25) is 0 Å². The van der Waals surface area contributed by atoms with E-state index < -0.39 is 29.0 Å². The highest BCUT2D eigenvalue weighted by Crippen LogP contribution is 2.58. The van der Waals surface area contributed by atoms with Crippen molar-refractivity contribution in [2.24, 2.45) is 11.3 Å². The summed E-state index contributed by atoms with van der Waals surface area (Å²) in [6.45, 7) is 3.51. The van der Waals surface area contributed by atoms with Crippen LogP contribution in [-0.4, -0.2) is 35.1 Å². The molecule has 0 aliphatic heterocycles. The molecule has 1 heterocycles. The van der Waals surface area contributed by atoms with Crippen molar-refractivity contribution in [3.63, 3.8) is 0 Å². The maximum Gasteiger partial charge on any atom is 0.322 e. The summed E-state index contributed by atoms with van der Waals surface area (Å²) in [4.78, 5) is 19.9. The van der Waals surface area contributed by atoms with Crippen LogP contribution in [0.1, 0.15) is 96.2 Å². The molecule has 0 unspecified atom stereocenters. The lowest BCUT2D eigenvalue weighted by Crippen LogP contribution is -2.51. The second-order valence-electron chi connectivity index (χ2n) is 13.7. The number of alkyl halides is 4. The van der Waals surface area contributed by atoms with Crippen molar-refractivity contribution in [1.29, 1.82) is 0 Å². The molecule has 0 atom stereocenters. The van der Waals surface area contributed by atoms with Gasteiger partial charge in [0.25, 0.3) is 5.89 Å². The fourth-order valence-corrected chi connectivity index (χ4v) is 7.57. The molecule has 2 aromatic carbocycles. The normalized spacial score (nSPS) is 24.6. The predicted octanol–water partition coefficient (Wildman–Crippen LogP) is 9.23. The van der Waals surface area contributed by atoms with Gasteiger partial charge in [0, 0.05) is 49.4 Å². The molecule has 0 saturated heterocycles. The van der Waals surface area contributed by atoms with Gasteiger partial charge >= 0.3 is 5.92 Å². The number of nitrogens with zero attached hydrogens (tertiary/aromatic N) is 3. The van der Waals surface area contributed by atoms with Gasteiger partial charge in [0.15, 0.2) is 5.82 Å². The Morgan fingerprint density at radius 3 is 2.24 bits per heavy atom. The largest absolute Gasteiger partial charge is 0.494 e. The first-order chi connectivity index (χ1) is 21.8. The molecule has 0 radical (unpaired) electrons. The number of hydrogen-bond acceptors (Lipinski definition) is 5. The molecule has 4 fully saturated rings. The molecule has 2 bridgehead atoms. The fourth-order valence-electron chi connectivity index (χ4n) is 7.57. The van der Waals surface area contributed by atoms with Crippen LogP contribution in [0, 0.1) is 17.2 Å². The van der Waals surface area contributed by atoms with E-state index in [1.54, 1.807) is 41.3 Å². The molecular weight excluding hydrogens is 605 g/mol. The number of benzene rings is 2. The molecule has 46 heavy (non-hydrogen) atoms. The van der Waals surface area contributed by atoms with Crippen LogP contribution in [0.5, 0.6) is 5.75 Å². The molecule has 1 aromatic heterocycles. The highest BCUT2D eigenvalue weighted by atomic mass is 19.3. The summed E-state index contributed by atoms with van der Waals surface area (Å²) in [6, 6.07) is 11.8. The van der Waals surface area contributed by atoms with Crippen LogP contribution >= 0.6 is 0 Å². The highest BCUT2D eigenvalue weighted by Gasteiger charge is 2.53. The van der Waals surface area contributed by atoms with E-state index in [0.717, 1.165) is 26.2 Å². The van der Waals surface area contributed by atoms with Gasteiger partial charge in [-0.2, -0.15) is 13.8 Å². The number of fused-ring (bicyclic) bond motifs is 3. The molecule has 11 heteroatoms. The first kappa shape index (κ1) is 32.4. The molecule has 3 aromatic rings. The molecule has 4 aliphatic rings. The van der Waals surface area contributed by atoms with Crippen molar-refractivity contribution in [3.8, 4) is 16.9 Å². The monoisotopic (exact) mass is 645 g/mol. The second-order valence-corrected chi connectivity index (χ2v) is 13.7. The first-order valence-corrected chi connectivity index (χ1v) is 16.2. The number of carbonyl (C=O) groups excluding carboxylic acids is 1.